The molecule has 2 heterocycles. The van der Waals surface area contributed by atoms with E-state index in [0.717, 1.165) is 37.0 Å². The lowest BCUT2D eigenvalue weighted by molar-refractivity contribution is 0.0594. The minimum absolute atomic E-state index is 0.848. The number of rotatable bonds is 2. The topological polar surface area (TPSA) is 21.3 Å². The smallest absolute Gasteiger partial charge is 0.0468 e. The van der Waals surface area contributed by atoms with E-state index in [1.165, 1.54) is 45.1 Å². The minimum atomic E-state index is 0.848. The van der Waals surface area contributed by atoms with Crippen molar-refractivity contribution >= 4 is 0 Å². The number of hydrogen-bond acceptors (Lipinski definition) is 2. The van der Waals surface area contributed by atoms with Crippen molar-refractivity contribution in [1.82, 2.24) is 5.32 Å². The summed E-state index contributed by atoms with van der Waals surface area (Å²) in [6.07, 6.45) is 8.49. The van der Waals surface area contributed by atoms with E-state index in [-0.39, 0.29) is 0 Å². The van der Waals surface area contributed by atoms with Crippen molar-refractivity contribution in [3.8, 4) is 0 Å². The molecule has 3 aliphatic rings. The molecule has 1 N–H and O–H groups in total. The SMILES string of the molecule is C1CC2CNC(CC3CCOCC3)C2C1. The second-order valence-corrected chi connectivity index (χ2v) is 5.66. The van der Waals surface area contributed by atoms with E-state index in [1.54, 1.807) is 0 Å². The van der Waals surface area contributed by atoms with Crippen molar-refractivity contribution in [2.75, 3.05) is 19.8 Å². The molecule has 1 saturated carbocycles. The highest BCUT2D eigenvalue weighted by molar-refractivity contribution is 4.94. The monoisotopic (exact) mass is 209 g/mol. The minimum Gasteiger partial charge on any atom is -0.381 e. The Morgan fingerprint density at radius 3 is 2.80 bits per heavy atom. The largest absolute Gasteiger partial charge is 0.381 e. The maximum atomic E-state index is 5.43. The van der Waals surface area contributed by atoms with E-state index in [0.29, 0.717) is 0 Å². The highest BCUT2D eigenvalue weighted by Crippen LogP contribution is 2.40. The second-order valence-electron chi connectivity index (χ2n) is 5.66. The summed E-state index contributed by atoms with van der Waals surface area (Å²) in [6.45, 7) is 3.31. The Morgan fingerprint density at radius 1 is 1.07 bits per heavy atom. The molecular formula is C13H23NO. The van der Waals surface area contributed by atoms with Gasteiger partial charge in [-0.25, -0.2) is 0 Å². The van der Waals surface area contributed by atoms with Gasteiger partial charge in [-0.05, 0) is 56.4 Å². The zero-order valence-electron chi connectivity index (χ0n) is 9.58. The lowest BCUT2D eigenvalue weighted by atomic mass is 9.85. The van der Waals surface area contributed by atoms with Gasteiger partial charge in [-0.15, -0.1) is 0 Å². The van der Waals surface area contributed by atoms with Crippen molar-refractivity contribution < 1.29 is 4.74 Å². The molecule has 0 radical (unpaired) electrons. The Kier molecular flexibility index (Phi) is 2.98. The molecular weight excluding hydrogens is 186 g/mol. The molecule has 15 heavy (non-hydrogen) atoms. The molecule has 0 aromatic heterocycles. The fourth-order valence-corrected chi connectivity index (χ4v) is 3.90. The van der Waals surface area contributed by atoms with Crippen LogP contribution in [0.15, 0.2) is 0 Å². The van der Waals surface area contributed by atoms with Gasteiger partial charge in [0, 0.05) is 19.3 Å². The third-order valence-electron chi connectivity index (χ3n) is 4.81. The van der Waals surface area contributed by atoms with Crippen molar-refractivity contribution in [1.29, 1.82) is 0 Å². The Labute approximate surface area is 92.8 Å². The van der Waals surface area contributed by atoms with Crippen LogP contribution in [-0.2, 0) is 4.74 Å². The summed E-state index contributed by atoms with van der Waals surface area (Å²) in [6, 6.07) is 0.848. The average Bonchev–Trinajstić information content (AvgIpc) is 2.85. The van der Waals surface area contributed by atoms with Crippen LogP contribution in [0, 0.1) is 17.8 Å². The Hall–Kier alpha value is -0.0800. The summed E-state index contributed by atoms with van der Waals surface area (Å²) in [5, 5.41) is 3.77. The van der Waals surface area contributed by atoms with Gasteiger partial charge in [-0.3, -0.25) is 0 Å². The summed E-state index contributed by atoms with van der Waals surface area (Å²) >= 11 is 0. The van der Waals surface area contributed by atoms with E-state index in [2.05, 4.69) is 5.32 Å². The summed E-state index contributed by atoms with van der Waals surface area (Å²) in [4.78, 5) is 0. The number of hydrogen-bond donors (Lipinski definition) is 1. The average molecular weight is 209 g/mol. The quantitative estimate of drug-likeness (QED) is 0.752. The van der Waals surface area contributed by atoms with Gasteiger partial charge in [0.25, 0.3) is 0 Å². The van der Waals surface area contributed by atoms with Crippen molar-refractivity contribution in [3.05, 3.63) is 0 Å². The van der Waals surface area contributed by atoms with Crippen LogP contribution in [0.3, 0.4) is 0 Å². The van der Waals surface area contributed by atoms with Gasteiger partial charge in [0.2, 0.25) is 0 Å². The molecule has 0 aromatic rings. The highest BCUT2D eigenvalue weighted by atomic mass is 16.5. The van der Waals surface area contributed by atoms with Crippen LogP contribution in [0.4, 0.5) is 0 Å². The molecule has 1 aliphatic carbocycles. The first-order valence-electron chi connectivity index (χ1n) is 6.74. The lowest BCUT2D eigenvalue weighted by Crippen LogP contribution is -2.31. The van der Waals surface area contributed by atoms with Crippen LogP contribution in [0.25, 0.3) is 0 Å². The summed E-state index contributed by atoms with van der Waals surface area (Å²) in [7, 11) is 0. The fourth-order valence-electron chi connectivity index (χ4n) is 3.90. The van der Waals surface area contributed by atoms with Gasteiger partial charge in [0.15, 0.2) is 0 Å². The Balaban J connectivity index is 1.54. The van der Waals surface area contributed by atoms with Crippen LogP contribution in [0.2, 0.25) is 0 Å². The Bertz CT molecular complexity index is 213. The maximum Gasteiger partial charge on any atom is 0.0468 e. The zero-order chi connectivity index (χ0) is 10.1. The predicted octanol–water partition coefficient (Wildman–Crippen LogP) is 2.19. The Morgan fingerprint density at radius 2 is 1.93 bits per heavy atom. The molecule has 0 aromatic carbocycles. The first-order valence-corrected chi connectivity index (χ1v) is 6.74. The van der Waals surface area contributed by atoms with Gasteiger partial charge in [0.05, 0.1) is 0 Å². The fraction of sp³-hybridized carbons (Fsp3) is 1.00. The second kappa shape index (κ2) is 4.42. The summed E-state index contributed by atoms with van der Waals surface area (Å²) in [5.41, 5.74) is 0. The molecule has 2 nitrogen and oxygen atoms in total. The molecule has 3 atom stereocenters. The summed E-state index contributed by atoms with van der Waals surface area (Å²) < 4.78 is 5.43. The van der Waals surface area contributed by atoms with Gasteiger partial charge in [-0.1, -0.05) is 6.42 Å². The molecule has 0 spiro atoms. The molecule has 3 unspecified atom stereocenters. The van der Waals surface area contributed by atoms with Crippen molar-refractivity contribution in [2.24, 2.45) is 17.8 Å². The van der Waals surface area contributed by atoms with Gasteiger partial charge in [-0.2, -0.15) is 0 Å². The molecule has 2 saturated heterocycles. The van der Waals surface area contributed by atoms with E-state index < -0.39 is 0 Å². The standard InChI is InChI=1S/C13H23NO/c1-2-11-9-14-13(12(11)3-1)8-10-4-6-15-7-5-10/h10-14H,1-9H2. The molecule has 3 fully saturated rings. The van der Waals surface area contributed by atoms with Gasteiger partial charge < -0.3 is 10.1 Å². The van der Waals surface area contributed by atoms with Crippen molar-refractivity contribution in [3.63, 3.8) is 0 Å². The molecule has 3 rings (SSSR count). The first-order chi connectivity index (χ1) is 7.43. The lowest BCUT2D eigenvalue weighted by Gasteiger charge is -2.27. The number of ether oxygens (including phenoxy) is 1. The van der Waals surface area contributed by atoms with Crippen molar-refractivity contribution in [2.45, 2.75) is 44.6 Å². The van der Waals surface area contributed by atoms with Crippen LogP contribution in [-0.4, -0.2) is 25.8 Å². The van der Waals surface area contributed by atoms with E-state index in [9.17, 15) is 0 Å². The number of fused-ring (bicyclic) bond motifs is 1. The third-order valence-corrected chi connectivity index (χ3v) is 4.81. The maximum absolute atomic E-state index is 5.43. The highest BCUT2D eigenvalue weighted by Gasteiger charge is 2.39. The summed E-state index contributed by atoms with van der Waals surface area (Å²) in [5.74, 6) is 2.98. The number of nitrogens with one attached hydrogen (secondary N) is 1. The van der Waals surface area contributed by atoms with E-state index in [4.69, 9.17) is 4.74 Å². The first kappa shape index (κ1) is 10.1. The van der Waals surface area contributed by atoms with E-state index in [1.807, 2.05) is 0 Å². The normalized spacial score (nSPS) is 42.0. The predicted molar refractivity (Wildman–Crippen MR) is 60.8 cm³/mol. The zero-order valence-corrected chi connectivity index (χ0v) is 9.58. The van der Waals surface area contributed by atoms with Crippen LogP contribution < -0.4 is 5.32 Å². The van der Waals surface area contributed by atoms with Gasteiger partial charge >= 0.3 is 0 Å². The molecule has 0 bridgehead atoms. The van der Waals surface area contributed by atoms with Crippen LogP contribution in [0.5, 0.6) is 0 Å². The van der Waals surface area contributed by atoms with E-state index >= 15 is 0 Å². The van der Waals surface area contributed by atoms with Gasteiger partial charge in [0.1, 0.15) is 0 Å². The molecule has 2 heteroatoms. The molecule has 2 aliphatic heterocycles. The van der Waals surface area contributed by atoms with Crippen LogP contribution in [0.1, 0.15) is 38.5 Å². The van der Waals surface area contributed by atoms with Crippen LogP contribution >= 0.6 is 0 Å². The molecule has 0 amide bonds. The third kappa shape index (κ3) is 2.07. The molecule has 86 valence electrons.